The smallest absolute Gasteiger partial charge is 0.221 e. The largest absolute Gasteiger partial charge is 0.493 e. The molecule has 5 rings (SSSR count). The fraction of sp³-hybridized carbons (Fsp3) is 0.276. The Balaban J connectivity index is 1.78. The monoisotopic (exact) mass is 424 g/mol. The SMILES string of the molecule is COc1cc2c(cc1OC)-c1c3ccccc3cc(-c3ccc(C(C)(C)C)cc3)[n+]1CC2. The van der Waals surface area contributed by atoms with E-state index >= 15 is 0 Å². The van der Waals surface area contributed by atoms with Crippen molar-refractivity contribution in [1.29, 1.82) is 0 Å². The van der Waals surface area contributed by atoms with E-state index in [4.69, 9.17) is 9.47 Å². The molecule has 3 aromatic carbocycles. The van der Waals surface area contributed by atoms with E-state index < -0.39 is 0 Å². The highest BCUT2D eigenvalue weighted by Crippen LogP contribution is 2.40. The molecule has 0 unspecified atom stereocenters. The number of pyridine rings is 1. The molecule has 4 aromatic rings. The van der Waals surface area contributed by atoms with Crippen LogP contribution in [0.2, 0.25) is 0 Å². The summed E-state index contributed by atoms with van der Waals surface area (Å²) in [6.45, 7) is 7.70. The summed E-state index contributed by atoms with van der Waals surface area (Å²) in [5, 5.41) is 2.51. The number of hydrogen-bond acceptors (Lipinski definition) is 2. The van der Waals surface area contributed by atoms with Crippen LogP contribution in [0.4, 0.5) is 0 Å². The molecule has 0 fully saturated rings. The summed E-state index contributed by atoms with van der Waals surface area (Å²) in [6.07, 6.45) is 0.957. The second-order valence-electron chi connectivity index (χ2n) is 9.56. The summed E-state index contributed by atoms with van der Waals surface area (Å²) in [5.74, 6) is 1.56. The van der Waals surface area contributed by atoms with Crippen LogP contribution in [0, 0.1) is 0 Å². The van der Waals surface area contributed by atoms with Gasteiger partial charge in [-0.3, -0.25) is 0 Å². The van der Waals surface area contributed by atoms with E-state index in [1.165, 1.54) is 44.4 Å². The van der Waals surface area contributed by atoms with E-state index in [0.29, 0.717) is 0 Å². The molecular weight excluding hydrogens is 394 g/mol. The second-order valence-corrected chi connectivity index (χ2v) is 9.56. The lowest BCUT2D eigenvalue weighted by atomic mass is 9.86. The van der Waals surface area contributed by atoms with E-state index in [1.807, 2.05) is 0 Å². The molecule has 3 heteroatoms. The van der Waals surface area contributed by atoms with Gasteiger partial charge in [0.05, 0.1) is 25.2 Å². The van der Waals surface area contributed by atoms with Crippen LogP contribution in [0.1, 0.15) is 31.9 Å². The van der Waals surface area contributed by atoms with Gasteiger partial charge in [0.25, 0.3) is 0 Å². The second kappa shape index (κ2) is 7.67. The van der Waals surface area contributed by atoms with Gasteiger partial charge in [0.1, 0.15) is 0 Å². The van der Waals surface area contributed by atoms with Gasteiger partial charge in [0.15, 0.2) is 18.0 Å². The Morgan fingerprint density at radius 2 is 1.50 bits per heavy atom. The Hall–Kier alpha value is -3.33. The highest BCUT2D eigenvalue weighted by Gasteiger charge is 2.31. The number of aryl methyl sites for hydroxylation is 1. The summed E-state index contributed by atoms with van der Waals surface area (Å²) in [7, 11) is 3.40. The normalized spacial score (nSPS) is 12.9. The molecule has 0 aliphatic carbocycles. The van der Waals surface area contributed by atoms with E-state index in [1.54, 1.807) is 14.2 Å². The van der Waals surface area contributed by atoms with Gasteiger partial charge >= 0.3 is 0 Å². The summed E-state index contributed by atoms with van der Waals surface area (Å²) >= 11 is 0. The van der Waals surface area contributed by atoms with Crippen LogP contribution < -0.4 is 14.0 Å². The van der Waals surface area contributed by atoms with Gasteiger partial charge in [-0.15, -0.1) is 0 Å². The first kappa shape index (κ1) is 20.6. The molecule has 0 spiro atoms. The molecule has 0 N–H and O–H groups in total. The van der Waals surface area contributed by atoms with E-state index in [0.717, 1.165) is 24.5 Å². The zero-order chi connectivity index (χ0) is 22.5. The Labute approximate surface area is 190 Å². The molecule has 32 heavy (non-hydrogen) atoms. The number of fused-ring (bicyclic) bond motifs is 5. The van der Waals surface area contributed by atoms with E-state index in [9.17, 15) is 0 Å². The minimum absolute atomic E-state index is 0.142. The number of methoxy groups -OCH3 is 2. The maximum Gasteiger partial charge on any atom is 0.221 e. The molecule has 0 saturated heterocycles. The number of benzene rings is 3. The summed E-state index contributed by atoms with van der Waals surface area (Å²) in [4.78, 5) is 0. The summed E-state index contributed by atoms with van der Waals surface area (Å²) < 4.78 is 13.7. The molecule has 0 saturated carbocycles. The summed E-state index contributed by atoms with van der Waals surface area (Å²) in [6, 6.07) is 24.3. The third-order valence-electron chi connectivity index (χ3n) is 6.58. The number of ether oxygens (including phenoxy) is 2. The summed E-state index contributed by atoms with van der Waals surface area (Å²) in [5.41, 5.74) is 7.76. The van der Waals surface area contributed by atoms with Crippen molar-refractivity contribution < 1.29 is 14.0 Å². The highest BCUT2D eigenvalue weighted by atomic mass is 16.5. The van der Waals surface area contributed by atoms with Crippen molar-refractivity contribution in [3.63, 3.8) is 0 Å². The van der Waals surface area contributed by atoms with Gasteiger partial charge in [-0.2, -0.15) is 4.57 Å². The lowest BCUT2D eigenvalue weighted by Gasteiger charge is -2.22. The van der Waals surface area contributed by atoms with Crippen molar-refractivity contribution in [2.45, 2.75) is 39.2 Å². The molecule has 0 radical (unpaired) electrons. The lowest BCUT2D eigenvalue weighted by molar-refractivity contribution is -0.675. The van der Waals surface area contributed by atoms with Gasteiger partial charge in [-0.25, -0.2) is 0 Å². The average molecular weight is 425 g/mol. The van der Waals surface area contributed by atoms with Gasteiger partial charge < -0.3 is 9.47 Å². The topological polar surface area (TPSA) is 22.3 Å². The van der Waals surface area contributed by atoms with Crippen LogP contribution >= 0.6 is 0 Å². The first-order valence-electron chi connectivity index (χ1n) is 11.2. The third-order valence-corrected chi connectivity index (χ3v) is 6.58. The predicted octanol–water partition coefficient (Wildman–Crippen LogP) is 6.33. The van der Waals surface area contributed by atoms with Gasteiger partial charge in [0, 0.05) is 18.1 Å². The molecular formula is C29H30NO2+. The highest BCUT2D eigenvalue weighted by molar-refractivity contribution is 5.96. The number of nitrogens with zero attached hydrogens (tertiary/aromatic N) is 1. The van der Waals surface area contributed by atoms with Crippen molar-refractivity contribution in [3.05, 3.63) is 77.9 Å². The van der Waals surface area contributed by atoms with Crippen molar-refractivity contribution in [2.24, 2.45) is 0 Å². The Kier molecular flexibility index (Phi) is 4.93. The molecule has 1 aromatic heterocycles. The Morgan fingerprint density at radius 1 is 0.812 bits per heavy atom. The van der Waals surface area contributed by atoms with Crippen LogP contribution in [0.5, 0.6) is 11.5 Å². The lowest BCUT2D eigenvalue weighted by Crippen LogP contribution is -2.42. The van der Waals surface area contributed by atoms with Gasteiger partial charge in [-0.1, -0.05) is 51.1 Å². The van der Waals surface area contributed by atoms with E-state index in [-0.39, 0.29) is 5.41 Å². The molecule has 1 aliphatic rings. The van der Waals surface area contributed by atoms with Crippen LogP contribution in [0.15, 0.2) is 66.7 Å². The minimum Gasteiger partial charge on any atom is -0.493 e. The number of aromatic nitrogens is 1. The Bertz CT molecular complexity index is 1310. The standard InChI is InChI=1S/C29H30NO2/c1-29(2,3)22-12-10-19(11-13-22)25-16-20-8-6-7-9-23(20)28-24-18-27(32-5)26(31-4)17-21(24)14-15-30(25)28/h6-13,16-18H,14-15H2,1-5H3/q+1. The average Bonchev–Trinajstić information content (AvgIpc) is 2.81. The molecule has 0 amide bonds. The molecule has 3 nitrogen and oxygen atoms in total. The fourth-order valence-electron chi connectivity index (χ4n) is 4.81. The maximum atomic E-state index is 5.66. The molecule has 0 atom stereocenters. The zero-order valence-electron chi connectivity index (χ0n) is 19.5. The van der Waals surface area contributed by atoms with Crippen LogP contribution in [0.3, 0.4) is 0 Å². The van der Waals surface area contributed by atoms with Crippen LogP contribution in [-0.2, 0) is 18.4 Å². The Morgan fingerprint density at radius 3 is 2.19 bits per heavy atom. The fourth-order valence-corrected chi connectivity index (χ4v) is 4.81. The van der Waals surface area contributed by atoms with Crippen molar-refractivity contribution >= 4 is 10.8 Å². The molecule has 2 heterocycles. The van der Waals surface area contributed by atoms with E-state index in [2.05, 4.69) is 92.1 Å². The molecule has 0 bridgehead atoms. The zero-order valence-corrected chi connectivity index (χ0v) is 19.5. The molecule has 1 aliphatic heterocycles. The maximum absolute atomic E-state index is 5.66. The number of rotatable bonds is 3. The van der Waals surface area contributed by atoms with Crippen molar-refractivity contribution in [1.82, 2.24) is 0 Å². The quantitative estimate of drug-likeness (QED) is 0.359. The number of hydrogen-bond donors (Lipinski definition) is 0. The first-order valence-corrected chi connectivity index (χ1v) is 11.2. The van der Waals surface area contributed by atoms with Crippen molar-refractivity contribution in [3.8, 4) is 34.0 Å². The first-order chi connectivity index (χ1) is 15.4. The third kappa shape index (κ3) is 3.33. The van der Waals surface area contributed by atoms with Gasteiger partial charge in [0.2, 0.25) is 11.4 Å². The molecule has 162 valence electrons. The van der Waals surface area contributed by atoms with Gasteiger partial charge in [-0.05, 0) is 52.3 Å². The predicted molar refractivity (Wildman–Crippen MR) is 131 cm³/mol. The van der Waals surface area contributed by atoms with Crippen LogP contribution in [0.25, 0.3) is 33.3 Å². The minimum atomic E-state index is 0.142. The van der Waals surface area contributed by atoms with Crippen LogP contribution in [-0.4, -0.2) is 14.2 Å². The van der Waals surface area contributed by atoms with Crippen molar-refractivity contribution in [2.75, 3.05) is 14.2 Å².